The lowest BCUT2D eigenvalue weighted by Crippen LogP contribution is -2.17. The van der Waals surface area contributed by atoms with Crippen LogP contribution in [0.3, 0.4) is 0 Å². The molecule has 0 aliphatic carbocycles. The predicted octanol–water partition coefficient (Wildman–Crippen LogP) is 2.94. The molecule has 0 fully saturated rings. The first-order valence-electron chi connectivity index (χ1n) is 7.16. The molecule has 0 spiro atoms. The molecule has 0 saturated carbocycles. The Kier molecular flexibility index (Phi) is 5.91. The lowest BCUT2D eigenvalue weighted by atomic mass is 10.2. The van der Waals surface area contributed by atoms with Crippen molar-refractivity contribution in [1.29, 1.82) is 0 Å². The Morgan fingerprint density at radius 1 is 1.27 bits per heavy atom. The first kappa shape index (κ1) is 16.5. The van der Waals surface area contributed by atoms with Crippen LogP contribution in [0.1, 0.15) is 12.0 Å². The van der Waals surface area contributed by atoms with E-state index in [1.165, 1.54) is 0 Å². The van der Waals surface area contributed by atoms with Crippen molar-refractivity contribution < 1.29 is 0 Å². The van der Waals surface area contributed by atoms with E-state index in [1.807, 2.05) is 25.1 Å². The number of anilines is 3. The SMILES string of the molecule is Cc1cc(Cl)ccc1Nc1cnnc(NCCCN(C)C)n1. The molecule has 1 aromatic heterocycles. The first-order chi connectivity index (χ1) is 10.5. The third kappa shape index (κ3) is 5.13. The van der Waals surface area contributed by atoms with E-state index in [0.29, 0.717) is 16.8 Å². The van der Waals surface area contributed by atoms with Gasteiger partial charge >= 0.3 is 0 Å². The molecule has 22 heavy (non-hydrogen) atoms. The van der Waals surface area contributed by atoms with E-state index in [9.17, 15) is 0 Å². The summed E-state index contributed by atoms with van der Waals surface area (Å²) in [4.78, 5) is 6.55. The van der Waals surface area contributed by atoms with E-state index in [0.717, 1.165) is 30.8 Å². The molecular weight excluding hydrogens is 300 g/mol. The van der Waals surface area contributed by atoms with Gasteiger partial charge in [0.05, 0.1) is 6.20 Å². The van der Waals surface area contributed by atoms with Crippen molar-refractivity contribution in [3.05, 3.63) is 35.0 Å². The number of nitrogens with zero attached hydrogens (tertiary/aromatic N) is 4. The maximum Gasteiger partial charge on any atom is 0.244 e. The van der Waals surface area contributed by atoms with Crippen LogP contribution in [-0.4, -0.2) is 47.3 Å². The molecule has 0 radical (unpaired) electrons. The van der Waals surface area contributed by atoms with Crippen LogP contribution in [0.25, 0.3) is 0 Å². The van der Waals surface area contributed by atoms with Crippen LogP contribution in [0.2, 0.25) is 5.02 Å². The molecular formula is C15H21ClN6. The summed E-state index contributed by atoms with van der Waals surface area (Å²) in [6, 6.07) is 5.66. The van der Waals surface area contributed by atoms with Crippen molar-refractivity contribution in [1.82, 2.24) is 20.1 Å². The van der Waals surface area contributed by atoms with Crippen LogP contribution in [0, 0.1) is 6.92 Å². The Bertz CT molecular complexity index is 617. The largest absolute Gasteiger partial charge is 0.353 e. The number of halogens is 1. The van der Waals surface area contributed by atoms with Gasteiger partial charge in [-0.15, -0.1) is 5.10 Å². The van der Waals surface area contributed by atoms with Crippen LogP contribution in [0.15, 0.2) is 24.4 Å². The number of nitrogens with one attached hydrogen (secondary N) is 2. The third-order valence-corrected chi connectivity index (χ3v) is 3.31. The molecule has 0 amide bonds. The lowest BCUT2D eigenvalue weighted by molar-refractivity contribution is 0.405. The van der Waals surface area contributed by atoms with Crippen LogP contribution in [0.4, 0.5) is 17.5 Å². The van der Waals surface area contributed by atoms with Crippen molar-refractivity contribution in [3.63, 3.8) is 0 Å². The minimum absolute atomic E-state index is 0.523. The molecule has 1 heterocycles. The Hall–Kier alpha value is -1.92. The van der Waals surface area contributed by atoms with Crippen molar-refractivity contribution in [3.8, 4) is 0 Å². The zero-order valence-electron chi connectivity index (χ0n) is 13.1. The fourth-order valence-electron chi connectivity index (χ4n) is 1.94. The molecule has 1 aromatic carbocycles. The van der Waals surface area contributed by atoms with E-state index in [2.05, 4.69) is 44.8 Å². The zero-order valence-corrected chi connectivity index (χ0v) is 13.9. The van der Waals surface area contributed by atoms with Gasteiger partial charge in [0.25, 0.3) is 0 Å². The second kappa shape index (κ2) is 7.91. The molecule has 2 aromatic rings. The monoisotopic (exact) mass is 320 g/mol. The topological polar surface area (TPSA) is 66.0 Å². The Morgan fingerprint density at radius 3 is 2.82 bits per heavy atom. The summed E-state index contributed by atoms with van der Waals surface area (Å²) in [5.74, 6) is 1.17. The lowest BCUT2D eigenvalue weighted by Gasteiger charge is -2.11. The molecule has 118 valence electrons. The average molecular weight is 321 g/mol. The average Bonchev–Trinajstić information content (AvgIpc) is 2.47. The summed E-state index contributed by atoms with van der Waals surface area (Å²) in [5, 5.41) is 15.1. The van der Waals surface area contributed by atoms with E-state index in [4.69, 9.17) is 11.6 Å². The standard InChI is InChI=1S/C15H21ClN6/c1-11-9-12(16)5-6-13(11)19-14-10-18-21-15(20-14)17-7-4-8-22(2)3/h5-6,9-10H,4,7-8H2,1-3H3,(H2,17,19,20,21). The molecule has 0 aliphatic heterocycles. The number of rotatable bonds is 7. The molecule has 2 rings (SSSR count). The molecule has 6 nitrogen and oxygen atoms in total. The van der Waals surface area contributed by atoms with E-state index >= 15 is 0 Å². The van der Waals surface area contributed by atoms with E-state index in [1.54, 1.807) is 6.20 Å². The molecule has 0 atom stereocenters. The van der Waals surface area contributed by atoms with Gasteiger partial charge in [-0.25, -0.2) is 0 Å². The van der Waals surface area contributed by atoms with Crippen LogP contribution < -0.4 is 10.6 Å². The summed E-state index contributed by atoms with van der Waals surface area (Å²) in [5.41, 5.74) is 2.00. The van der Waals surface area contributed by atoms with Gasteiger partial charge < -0.3 is 15.5 Å². The third-order valence-electron chi connectivity index (χ3n) is 3.08. The molecule has 7 heteroatoms. The summed E-state index contributed by atoms with van der Waals surface area (Å²) >= 11 is 5.96. The first-order valence-corrected chi connectivity index (χ1v) is 7.54. The van der Waals surface area contributed by atoms with Gasteiger partial charge in [-0.05, 0) is 57.7 Å². The van der Waals surface area contributed by atoms with Crippen molar-refractivity contribution >= 4 is 29.1 Å². The maximum absolute atomic E-state index is 5.96. The van der Waals surface area contributed by atoms with Crippen molar-refractivity contribution in [2.24, 2.45) is 0 Å². The van der Waals surface area contributed by atoms with Crippen molar-refractivity contribution in [2.45, 2.75) is 13.3 Å². The molecule has 0 saturated heterocycles. The fourth-order valence-corrected chi connectivity index (χ4v) is 2.17. The summed E-state index contributed by atoms with van der Waals surface area (Å²) in [6.07, 6.45) is 2.61. The zero-order chi connectivity index (χ0) is 15.9. The Morgan fingerprint density at radius 2 is 2.09 bits per heavy atom. The van der Waals surface area contributed by atoms with Crippen LogP contribution in [0.5, 0.6) is 0 Å². The van der Waals surface area contributed by atoms with Gasteiger partial charge in [-0.2, -0.15) is 10.1 Å². The van der Waals surface area contributed by atoms with Gasteiger partial charge in [0, 0.05) is 17.3 Å². The Balaban J connectivity index is 1.96. The number of hydrogen-bond acceptors (Lipinski definition) is 6. The smallest absolute Gasteiger partial charge is 0.244 e. The molecule has 0 aliphatic rings. The van der Waals surface area contributed by atoms with Gasteiger partial charge in [-0.3, -0.25) is 0 Å². The van der Waals surface area contributed by atoms with Crippen molar-refractivity contribution in [2.75, 3.05) is 37.8 Å². The second-order valence-corrected chi connectivity index (χ2v) is 5.77. The maximum atomic E-state index is 5.96. The molecule has 0 unspecified atom stereocenters. The minimum Gasteiger partial charge on any atom is -0.353 e. The quantitative estimate of drug-likeness (QED) is 0.765. The van der Waals surface area contributed by atoms with Gasteiger partial charge in [0.1, 0.15) is 0 Å². The molecule has 2 N–H and O–H groups in total. The van der Waals surface area contributed by atoms with Gasteiger partial charge in [0.15, 0.2) is 5.82 Å². The number of aryl methyl sites for hydroxylation is 1. The number of hydrogen-bond donors (Lipinski definition) is 2. The highest BCUT2D eigenvalue weighted by atomic mass is 35.5. The number of aromatic nitrogens is 3. The summed E-state index contributed by atoms with van der Waals surface area (Å²) < 4.78 is 0. The minimum atomic E-state index is 0.523. The van der Waals surface area contributed by atoms with Crippen LogP contribution >= 0.6 is 11.6 Å². The normalized spacial score (nSPS) is 10.8. The fraction of sp³-hybridized carbons (Fsp3) is 0.400. The summed E-state index contributed by atoms with van der Waals surface area (Å²) in [6.45, 7) is 3.81. The highest BCUT2D eigenvalue weighted by Crippen LogP contribution is 2.22. The molecule has 0 bridgehead atoms. The number of benzene rings is 1. The highest BCUT2D eigenvalue weighted by molar-refractivity contribution is 6.30. The highest BCUT2D eigenvalue weighted by Gasteiger charge is 2.03. The second-order valence-electron chi connectivity index (χ2n) is 5.33. The van der Waals surface area contributed by atoms with E-state index < -0.39 is 0 Å². The summed E-state index contributed by atoms with van der Waals surface area (Å²) in [7, 11) is 4.11. The van der Waals surface area contributed by atoms with Gasteiger partial charge in [0.2, 0.25) is 5.95 Å². The predicted molar refractivity (Wildman–Crippen MR) is 91.0 cm³/mol. The van der Waals surface area contributed by atoms with E-state index in [-0.39, 0.29) is 0 Å². The Labute approximate surface area is 135 Å². The van der Waals surface area contributed by atoms with Crippen LogP contribution in [-0.2, 0) is 0 Å². The van der Waals surface area contributed by atoms with Gasteiger partial charge in [-0.1, -0.05) is 11.6 Å².